The van der Waals surface area contributed by atoms with Crippen LogP contribution in [0.4, 0.5) is 11.5 Å². The summed E-state index contributed by atoms with van der Waals surface area (Å²) in [5.74, 6) is 0.522. The highest BCUT2D eigenvalue weighted by molar-refractivity contribution is 5.85. The number of halogens is 1. The standard InChI is InChI=1S/C10H12N4.ClH/c11-9-6-13-14(10(9)12)7-8-4-2-1-3-5-8;/h1-6H,7,11-12H2;1H. The molecule has 4 N–H and O–H groups in total. The molecule has 5 heteroatoms. The fourth-order valence-corrected chi connectivity index (χ4v) is 1.29. The molecule has 2 rings (SSSR count). The van der Waals surface area contributed by atoms with E-state index in [4.69, 9.17) is 11.5 Å². The van der Waals surface area contributed by atoms with E-state index in [1.54, 1.807) is 10.9 Å². The van der Waals surface area contributed by atoms with Gasteiger partial charge in [-0.25, -0.2) is 4.68 Å². The Morgan fingerprint density at radius 3 is 2.33 bits per heavy atom. The van der Waals surface area contributed by atoms with Gasteiger partial charge in [0.05, 0.1) is 18.4 Å². The average molecular weight is 225 g/mol. The zero-order chi connectivity index (χ0) is 9.97. The van der Waals surface area contributed by atoms with E-state index < -0.39 is 0 Å². The molecule has 0 saturated carbocycles. The van der Waals surface area contributed by atoms with E-state index in [9.17, 15) is 0 Å². The molecule has 0 amide bonds. The molecule has 0 unspecified atom stereocenters. The van der Waals surface area contributed by atoms with Gasteiger partial charge in [-0.3, -0.25) is 0 Å². The van der Waals surface area contributed by atoms with Crippen molar-refractivity contribution in [2.45, 2.75) is 6.54 Å². The smallest absolute Gasteiger partial charge is 0.145 e. The second-order valence-electron chi connectivity index (χ2n) is 3.13. The predicted molar refractivity (Wildman–Crippen MR) is 63.8 cm³/mol. The summed E-state index contributed by atoms with van der Waals surface area (Å²) < 4.78 is 1.69. The molecule has 0 aliphatic carbocycles. The maximum Gasteiger partial charge on any atom is 0.145 e. The monoisotopic (exact) mass is 224 g/mol. The first-order chi connectivity index (χ1) is 6.77. The van der Waals surface area contributed by atoms with E-state index in [2.05, 4.69) is 5.10 Å². The highest BCUT2D eigenvalue weighted by atomic mass is 35.5. The van der Waals surface area contributed by atoms with Crippen LogP contribution in [0.25, 0.3) is 0 Å². The van der Waals surface area contributed by atoms with Crippen molar-refractivity contribution in [3.63, 3.8) is 0 Å². The van der Waals surface area contributed by atoms with Crippen molar-refractivity contribution in [2.75, 3.05) is 11.5 Å². The summed E-state index contributed by atoms with van der Waals surface area (Å²) in [6.07, 6.45) is 1.57. The Morgan fingerprint density at radius 1 is 1.13 bits per heavy atom. The largest absolute Gasteiger partial charge is 0.394 e. The first kappa shape index (κ1) is 11.4. The van der Waals surface area contributed by atoms with Gasteiger partial charge in [-0.05, 0) is 5.56 Å². The lowest BCUT2D eigenvalue weighted by Crippen LogP contribution is -2.06. The van der Waals surface area contributed by atoms with E-state index in [0.29, 0.717) is 18.1 Å². The molecule has 2 aromatic rings. The summed E-state index contributed by atoms with van der Waals surface area (Å²) in [6.45, 7) is 0.657. The second kappa shape index (κ2) is 4.70. The molecule has 0 bridgehead atoms. The minimum atomic E-state index is 0. The summed E-state index contributed by atoms with van der Waals surface area (Å²) in [5.41, 5.74) is 13.0. The van der Waals surface area contributed by atoms with Crippen LogP contribution in [-0.4, -0.2) is 9.78 Å². The normalized spacial score (nSPS) is 9.60. The van der Waals surface area contributed by atoms with Crippen LogP contribution in [0.5, 0.6) is 0 Å². The topological polar surface area (TPSA) is 69.9 Å². The highest BCUT2D eigenvalue weighted by Gasteiger charge is 2.03. The summed E-state index contributed by atoms with van der Waals surface area (Å²) in [7, 11) is 0. The van der Waals surface area contributed by atoms with Crippen molar-refractivity contribution in [1.82, 2.24) is 9.78 Å². The number of nitrogens with two attached hydrogens (primary N) is 2. The lowest BCUT2D eigenvalue weighted by atomic mass is 10.2. The maximum atomic E-state index is 5.73. The van der Waals surface area contributed by atoms with Crippen LogP contribution in [0.3, 0.4) is 0 Å². The minimum absolute atomic E-state index is 0. The third-order valence-corrected chi connectivity index (χ3v) is 2.09. The van der Waals surface area contributed by atoms with Gasteiger partial charge >= 0.3 is 0 Å². The molecule has 0 radical (unpaired) electrons. The quantitative estimate of drug-likeness (QED) is 0.813. The molecule has 0 atom stereocenters. The summed E-state index contributed by atoms with van der Waals surface area (Å²) in [4.78, 5) is 0. The van der Waals surface area contributed by atoms with Crippen LogP contribution in [0, 0.1) is 0 Å². The van der Waals surface area contributed by atoms with Crippen LogP contribution in [0.2, 0.25) is 0 Å². The molecule has 1 aromatic heterocycles. The van der Waals surface area contributed by atoms with Gasteiger partial charge in [-0.1, -0.05) is 30.3 Å². The second-order valence-corrected chi connectivity index (χ2v) is 3.13. The van der Waals surface area contributed by atoms with Gasteiger partial charge in [0.25, 0.3) is 0 Å². The van der Waals surface area contributed by atoms with E-state index in [0.717, 1.165) is 5.56 Å². The first-order valence-corrected chi connectivity index (χ1v) is 4.38. The third-order valence-electron chi connectivity index (χ3n) is 2.09. The molecular weight excluding hydrogens is 212 g/mol. The third kappa shape index (κ3) is 2.41. The minimum Gasteiger partial charge on any atom is -0.394 e. The van der Waals surface area contributed by atoms with Crippen molar-refractivity contribution >= 4 is 23.9 Å². The van der Waals surface area contributed by atoms with Crippen LogP contribution < -0.4 is 11.5 Å². The SMILES string of the molecule is Cl.Nc1cnn(Cc2ccccc2)c1N. The van der Waals surface area contributed by atoms with Gasteiger partial charge in [0.2, 0.25) is 0 Å². The Labute approximate surface area is 94.3 Å². The number of nitrogens with zero attached hydrogens (tertiary/aromatic N) is 2. The Bertz CT molecular complexity index is 424. The van der Waals surface area contributed by atoms with Gasteiger partial charge in [-0.15, -0.1) is 12.4 Å². The maximum absolute atomic E-state index is 5.73. The molecule has 0 saturated heterocycles. The molecule has 0 spiro atoms. The van der Waals surface area contributed by atoms with Crippen LogP contribution >= 0.6 is 12.4 Å². The Balaban J connectivity index is 0.00000112. The molecule has 0 fully saturated rings. The van der Waals surface area contributed by atoms with Crippen molar-refractivity contribution < 1.29 is 0 Å². The number of benzene rings is 1. The molecule has 0 aliphatic heterocycles. The highest BCUT2D eigenvalue weighted by Crippen LogP contribution is 2.14. The fraction of sp³-hybridized carbons (Fsp3) is 0.100. The number of aromatic nitrogens is 2. The number of hydrogen-bond acceptors (Lipinski definition) is 3. The first-order valence-electron chi connectivity index (χ1n) is 4.38. The number of anilines is 2. The predicted octanol–water partition coefficient (Wildman–Crippen LogP) is 1.52. The summed E-state index contributed by atoms with van der Waals surface area (Å²) in [5, 5.41) is 4.08. The summed E-state index contributed by atoms with van der Waals surface area (Å²) >= 11 is 0. The zero-order valence-electron chi connectivity index (χ0n) is 8.13. The fourth-order valence-electron chi connectivity index (χ4n) is 1.29. The Hall–Kier alpha value is -1.68. The average Bonchev–Trinajstić information content (AvgIpc) is 2.52. The summed E-state index contributed by atoms with van der Waals surface area (Å²) in [6, 6.07) is 10.00. The number of rotatable bonds is 2. The molecule has 1 aromatic carbocycles. The molecule has 1 heterocycles. The van der Waals surface area contributed by atoms with Gasteiger partial charge in [0.1, 0.15) is 5.82 Å². The van der Waals surface area contributed by atoms with Crippen molar-refractivity contribution in [3.8, 4) is 0 Å². The van der Waals surface area contributed by atoms with Gasteiger partial charge in [-0.2, -0.15) is 5.10 Å². The molecule has 80 valence electrons. The van der Waals surface area contributed by atoms with Crippen LogP contribution in [0.15, 0.2) is 36.5 Å². The molecule has 0 aliphatic rings. The van der Waals surface area contributed by atoms with Crippen LogP contribution in [0.1, 0.15) is 5.56 Å². The Kier molecular flexibility index (Phi) is 3.57. The molecular formula is C10H13ClN4. The number of hydrogen-bond donors (Lipinski definition) is 2. The van der Waals surface area contributed by atoms with E-state index in [1.807, 2.05) is 30.3 Å². The van der Waals surface area contributed by atoms with Gasteiger partial charge in [0.15, 0.2) is 0 Å². The van der Waals surface area contributed by atoms with Gasteiger partial charge in [0, 0.05) is 0 Å². The zero-order valence-corrected chi connectivity index (χ0v) is 8.95. The lowest BCUT2D eigenvalue weighted by Gasteiger charge is -2.03. The van der Waals surface area contributed by atoms with Crippen LogP contribution in [-0.2, 0) is 6.54 Å². The van der Waals surface area contributed by atoms with E-state index in [-0.39, 0.29) is 12.4 Å². The van der Waals surface area contributed by atoms with Crippen molar-refractivity contribution in [2.24, 2.45) is 0 Å². The number of nitrogen functional groups attached to an aromatic ring is 2. The van der Waals surface area contributed by atoms with Crippen molar-refractivity contribution in [3.05, 3.63) is 42.1 Å². The van der Waals surface area contributed by atoms with Crippen molar-refractivity contribution in [1.29, 1.82) is 0 Å². The molecule has 4 nitrogen and oxygen atoms in total. The van der Waals surface area contributed by atoms with E-state index >= 15 is 0 Å². The lowest BCUT2D eigenvalue weighted by molar-refractivity contribution is 0.697. The van der Waals surface area contributed by atoms with Gasteiger partial charge < -0.3 is 11.5 Å². The van der Waals surface area contributed by atoms with E-state index in [1.165, 1.54) is 0 Å². The Morgan fingerprint density at radius 2 is 1.80 bits per heavy atom. The molecule has 15 heavy (non-hydrogen) atoms.